The fraction of sp³-hybridized carbons (Fsp3) is 0.571. The monoisotopic (exact) mass is 297 g/mol. The van der Waals surface area contributed by atoms with E-state index >= 15 is 0 Å². The number of epoxide rings is 1. The first-order valence-electron chi connectivity index (χ1n) is 6.65. The predicted octanol–water partition coefficient (Wildman–Crippen LogP) is 2.04. The molecule has 0 N–H and O–H groups in total. The Morgan fingerprint density at radius 2 is 1.95 bits per heavy atom. The summed E-state index contributed by atoms with van der Waals surface area (Å²) < 4.78 is 26.8. The second-order valence-corrected chi connectivity index (χ2v) is 6.26. The largest absolute Gasteiger partial charge is 0.655 e. The molecule has 1 saturated heterocycles. The lowest BCUT2D eigenvalue weighted by atomic mass is 10.1. The summed E-state index contributed by atoms with van der Waals surface area (Å²) in [6, 6.07) is 7.93. The molecule has 1 atom stereocenters. The van der Waals surface area contributed by atoms with Crippen molar-refractivity contribution in [1.82, 2.24) is 0 Å². The van der Waals surface area contributed by atoms with Crippen molar-refractivity contribution >= 4 is 9.53 Å². The van der Waals surface area contributed by atoms with Crippen LogP contribution in [0.25, 0.3) is 0 Å². The molecule has 111 valence electrons. The number of aryl methyl sites for hydroxylation is 1. The first-order valence-corrected chi connectivity index (χ1v) is 7.88. The topological polar surface area (TPSA) is 49.5 Å². The van der Waals surface area contributed by atoms with E-state index in [9.17, 15) is 0 Å². The average molecular weight is 297 g/mol. The van der Waals surface area contributed by atoms with E-state index in [0.29, 0.717) is 13.2 Å². The van der Waals surface area contributed by atoms with E-state index in [1.165, 1.54) is 0 Å². The highest BCUT2D eigenvalue weighted by Gasteiger charge is 2.40. The maximum absolute atomic E-state index is 5.75. The van der Waals surface area contributed by atoms with Gasteiger partial charge >= 0.3 is 9.53 Å². The third-order valence-electron chi connectivity index (χ3n) is 3.05. The summed E-state index contributed by atoms with van der Waals surface area (Å²) in [6.07, 6.45) is 1.80. The van der Waals surface area contributed by atoms with Crippen molar-refractivity contribution in [2.24, 2.45) is 0 Å². The molecule has 2 rings (SSSR count). The highest BCUT2D eigenvalue weighted by Crippen LogP contribution is 2.27. The summed E-state index contributed by atoms with van der Waals surface area (Å²) in [4.78, 5) is 0. The zero-order valence-electron chi connectivity index (χ0n) is 12.2. The average Bonchev–Trinajstić information content (AvgIpc) is 3.20. The van der Waals surface area contributed by atoms with Gasteiger partial charge in [-0.25, -0.2) is 0 Å². The Kier molecular flexibility index (Phi) is 5.56. The van der Waals surface area contributed by atoms with Crippen LogP contribution in [0.5, 0.6) is 5.75 Å². The summed E-state index contributed by atoms with van der Waals surface area (Å²) in [5.41, 5.74) is 1.13. The molecule has 6 heteroatoms. The lowest BCUT2D eigenvalue weighted by Gasteiger charge is -2.14. The fourth-order valence-corrected chi connectivity index (χ4v) is 2.51. The van der Waals surface area contributed by atoms with E-state index in [2.05, 4.69) is 6.07 Å². The number of para-hydroxylation sites is 1. The summed E-state index contributed by atoms with van der Waals surface area (Å²) in [5.74, 6) is 0.483. The fourth-order valence-electron chi connectivity index (χ4n) is 1.80. The first kappa shape index (κ1) is 15.5. The SMILES string of the molecule is CO[Si](OC)Oc1ccccc1CCCOC1(C)CO1. The maximum atomic E-state index is 5.75. The van der Waals surface area contributed by atoms with Crippen molar-refractivity contribution in [2.75, 3.05) is 27.4 Å². The molecule has 0 bridgehead atoms. The van der Waals surface area contributed by atoms with Crippen LogP contribution < -0.4 is 4.43 Å². The van der Waals surface area contributed by atoms with Gasteiger partial charge in [0.05, 0.1) is 6.61 Å². The Morgan fingerprint density at radius 1 is 1.25 bits per heavy atom. The molecule has 20 heavy (non-hydrogen) atoms. The van der Waals surface area contributed by atoms with E-state index in [1.807, 2.05) is 25.1 Å². The van der Waals surface area contributed by atoms with Crippen LogP contribution in [0, 0.1) is 0 Å². The highest BCUT2D eigenvalue weighted by atomic mass is 28.3. The van der Waals surface area contributed by atoms with Gasteiger partial charge in [-0.05, 0) is 31.4 Å². The number of ether oxygens (including phenoxy) is 2. The number of hydrogen-bond acceptors (Lipinski definition) is 5. The molecule has 1 aliphatic rings. The van der Waals surface area contributed by atoms with Gasteiger partial charge in [0.1, 0.15) is 12.4 Å². The molecule has 1 fully saturated rings. The summed E-state index contributed by atoms with van der Waals surface area (Å²) in [5, 5.41) is 0. The van der Waals surface area contributed by atoms with Crippen LogP contribution in [0.4, 0.5) is 0 Å². The molecule has 1 unspecified atom stereocenters. The molecular formula is C14H21O5Si. The molecule has 0 amide bonds. The van der Waals surface area contributed by atoms with Crippen molar-refractivity contribution < 1.29 is 22.8 Å². The number of hydrogen-bond donors (Lipinski definition) is 0. The van der Waals surface area contributed by atoms with E-state index in [-0.39, 0.29) is 5.79 Å². The van der Waals surface area contributed by atoms with Gasteiger partial charge in [0.2, 0.25) is 0 Å². The first-order chi connectivity index (χ1) is 9.67. The van der Waals surface area contributed by atoms with Crippen molar-refractivity contribution in [2.45, 2.75) is 25.6 Å². The van der Waals surface area contributed by atoms with E-state index in [4.69, 9.17) is 22.8 Å². The van der Waals surface area contributed by atoms with Crippen molar-refractivity contribution in [3.63, 3.8) is 0 Å². The van der Waals surface area contributed by atoms with E-state index < -0.39 is 9.53 Å². The molecule has 1 aliphatic heterocycles. The molecule has 0 saturated carbocycles. The zero-order valence-corrected chi connectivity index (χ0v) is 13.2. The maximum Gasteiger partial charge on any atom is 0.655 e. The molecular weight excluding hydrogens is 276 g/mol. The van der Waals surface area contributed by atoms with Crippen LogP contribution in [-0.4, -0.2) is 42.7 Å². The second kappa shape index (κ2) is 7.19. The minimum atomic E-state index is -1.69. The molecule has 5 nitrogen and oxygen atoms in total. The van der Waals surface area contributed by atoms with Gasteiger partial charge in [-0.3, -0.25) is 0 Å². The van der Waals surface area contributed by atoms with Crippen LogP contribution in [0.3, 0.4) is 0 Å². The van der Waals surface area contributed by atoms with Gasteiger partial charge in [0, 0.05) is 14.2 Å². The van der Waals surface area contributed by atoms with Gasteiger partial charge in [-0.1, -0.05) is 18.2 Å². The minimum absolute atomic E-state index is 0.335. The third kappa shape index (κ3) is 4.57. The lowest BCUT2D eigenvalue weighted by Crippen LogP contribution is -2.27. The Hall–Kier alpha value is -0.923. The Balaban J connectivity index is 1.83. The van der Waals surface area contributed by atoms with Gasteiger partial charge in [-0.15, -0.1) is 0 Å². The summed E-state index contributed by atoms with van der Waals surface area (Å²) in [6.45, 7) is 3.33. The predicted molar refractivity (Wildman–Crippen MR) is 75.5 cm³/mol. The van der Waals surface area contributed by atoms with E-state index in [0.717, 1.165) is 24.2 Å². The smallest absolute Gasteiger partial charge is 0.498 e. The van der Waals surface area contributed by atoms with Gasteiger partial charge in [-0.2, -0.15) is 0 Å². The van der Waals surface area contributed by atoms with Crippen molar-refractivity contribution in [3.05, 3.63) is 29.8 Å². The van der Waals surface area contributed by atoms with E-state index in [1.54, 1.807) is 14.2 Å². The van der Waals surface area contributed by atoms with Crippen LogP contribution >= 0.6 is 0 Å². The molecule has 0 aromatic heterocycles. The van der Waals surface area contributed by atoms with Gasteiger partial charge in [0.15, 0.2) is 5.79 Å². The minimum Gasteiger partial charge on any atom is -0.498 e. The van der Waals surface area contributed by atoms with Crippen molar-refractivity contribution in [1.29, 1.82) is 0 Å². The second-order valence-electron chi connectivity index (χ2n) is 4.74. The highest BCUT2D eigenvalue weighted by molar-refractivity contribution is 6.37. The number of rotatable bonds is 9. The summed E-state index contributed by atoms with van der Waals surface area (Å²) in [7, 11) is 1.48. The van der Waals surface area contributed by atoms with Crippen LogP contribution in [0.15, 0.2) is 24.3 Å². The molecule has 1 radical (unpaired) electrons. The standard InChI is InChI=1S/C14H21O5Si/c1-14(11-18-14)17-10-6-8-12-7-4-5-9-13(12)19-20(15-2)16-3/h4-5,7,9H,6,8,10-11H2,1-3H3. The Morgan fingerprint density at radius 3 is 2.60 bits per heavy atom. The molecule has 1 heterocycles. The quantitative estimate of drug-likeness (QED) is 0.396. The molecule has 1 aromatic rings. The molecule has 0 spiro atoms. The zero-order chi connectivity index (χ0) is 14.4. The van der Waals surface area contributed by atoms with Crippen molar-refractivity contribution in [3.8, 4) is 5.75 Å². The lowest BCUT2D eigenvalue weighted by molar-refractivity contribution is -0.0302. The molecule has 1 aromatic carbocycles. The normalized spacial score (nSPS) is 21.2. The van der Waals surface area contributed by atoms with Gasteiger partial charge < -0.3 is 22.8 Å². The van der Waals surface area contributed by atoms with Crippen LogP contribution in [-0.2, 0) is 24.7 Å². The Bertz CT molecular complexity index is 418. The molecule has 0 aliphatic carbocycles. The summed E-state index contributed by atoms with van der Waals surface area (Å²) >= 11 is 0. The van der Waals surface area contributed by atoms with Gasteiger partial charge in [0.25, 0.3) is 0 Å². The number of benzene rings is 1. The van der Waals surface area contributed by atoms with Crippen LogP contribution in [0.1, 0.15) is 18.9 Å². The van der Waals surface area contributed by atoms with Crippen LogP contribution in [0.2, 0.25) is 0 Å². The Labute approximate surface area is 121 Å². The third-order valence-corrected chi connectivity index (χ3v) is 4.10.